The number of thioether (sulfide) groups is 1. The zero-order valence-corrected chi connectivity index (χ0v) is 15.9. The number of amides is 3. The first-order chi connectivity index (χ1) is 12.8. The molecule has 1 aliphatic heterocycles. The van der Waals surface area contributed by atoms with Gasteiger partial charge in [-0.05, 0) is 25.3 Å². The highest BCUT2D eigenvalue weighted by molar-refractivity contribution is 8.01. The Morgan fingerprint density at radius 1 is 1.44 bits per heavy atom. The van der Waals surface area contributed by atoms with E-state index in [-0.39, 0.29) is 18.8 Å². The Hall–Kier alpha value is -2.50. The summed E-state index contributed by atoms with van der Waals surface area (Å²) >= 11 is 1.10. The van der Waals surface area contributed by atoms with Crippen LogP contribution in [0.5, 0.6) is 0 Å². The van der Waals surface area contributed by atoms with E-state index in [1.54, 1.807) is 0 Å². The standard InChI is InChI=1S/C19H23N3O4S/c1-3-11-21-16(24)15-19(2,18(20)26)27-12-22(15)17(25)14(23)10-9-13-7-5-4-6-8-13/h1,4-8,14-15,23H,9-12H2,2H3,(H2,20,26)(H,21,24)/t14-,15?,19+/m0/s1. The molecule has 3 amide bonds. The van der Waals surface area contributed by atoms with Crippen molar-refractivity contribution in [1.82, 2.24) is 10.2 Å². The molecule has 0 spiro atoms. The van der Waals surface area contributed by atoms with E-state index in [0.717, 1.165) is 17.3 Å². The van der Waals surface area contributed by atoms with Gasteiger partial charge in [0.25, 0.3) is 5.91 Å². The molecule has 0 aliphatic carbocycles. The topological polar surface area (TPSA) is 113 Å². The number of terminal acetylenes is 1. The predicted molar refractivity (Wildman–Crippen MR) is 103 cm³/mol. The zero-order chi connectivity index (χ0) is 20.0. The molecular weight excluding hydrogens is 366 g/mol. The molecule has 0 bridgehead atoms. The SMILES string of the molecule is C#CCNC(=O)C1N(C(=O)[C@@H](O)CCc2ccccc2)CS[C@@]1(C)C(N)=O. The van der Waals surface area contributed by atoms with E-state index in [1.807, 2.05) is 30.3 Å². The molecule has 0 radical (unpaired) electrons. The van der Waals surface area contributed by atoms with Gasteiger partial charge in [-0.2, -0.15) is 0 Å². The van der Waals surface area contributed by atoms with Crippen molar-refractivity contribution in [2.45, 2.75) is 36.7 Å². The number of primary amides is 1. The number of rotatable bonds is 7. The minimum absolute atomic E-state index is 0.0343. The van der Waals surface area contributed by atoms with Crippen molar-refractivity contribution >= 4 is 29.5 Å². The lowest BCUT2D eigenvalue weighted by Crippen LogP contribution is -2.59. The number of nitrogens with one attached hydrogen (secondary N) is 1. The van der Waals surface area contributed by atoms with Gasteiger partial charge in [0, 0.05) is 0 Å². The van der Waals surface area contributed by atoms with Crippen LogP contribution in [0, 0.1) is 12.3 Å². The molecule has 1 fully saturated rings. The Kier molecular flexibility index (Phi) is 6.88. The van der Waals surface area contributed by atoms with Crippen molar-refractivity contribution in [2.75, 3.05) is 12.4 Å². The molecule has 144 valence electrons. The molecule has 1 saturated heterocycles. The molecule has 2 rings (SSSR count). The maximum absolute atomic E-state index is 12.8. The van der Waals surface area contributed by atoms with Crippen molar-refractivity contribution in [1.29, 1.82) is 0 Å². The van der Waals surface area contributed by atoms with Crippen molar-refractivity contribution < 1.29 is 19.5 Å². The Morgan fingerprint density at radius 2 is 2.11 bits per heavy atom. The van der Waals surface area contributed by atoms with E-state index in [4.69, 9.17) is 12.2 Å². The maximum atomic E-state index is 12.8. The molecule has 7 nitrogen and oxygen atoms in total. The summed E-state index contributed by atoms with van der Waals surface area (Å²) in [4.78, 5) is 38.4. The van der Waals surface area contributed by atoms with Crippen LogP contribution in [-0.4, -0.2) is 57.0 Å². The number of benzene rings is 1. The van der Waals surface area contributed by atoms with E-state index < -0.39 is 34.6 Å². The minimum atomic E-state index is -1.30. The average Bonchev–Trinajstić information content (AvgIpc) is 3.03. The monoisotopic (exact) mass is 389 g/mol. The summed E-state index contributed by atoms with van der Waals surface area (Å²) in [6.07, 6.45) is 4.58. The number of aliphatic hydroxyl groups excluding tert-OH is 1. The van der Waals surface area contributed by atoms with E-state index in [1.165, 1.54) is 11.8 Å². The molecule has 0 aromatic heterocycles. The molecule has 8 heteroatoms. The van der Waals surface area contributed by atoms with Crippen molar-refractivity contribution in [3.63, 3.8) is 0 Å². The Morgan fingerprint density at radius 3 is 2.70 bits per heavy atom. The van der Waals surface area contributed by atoms with Gasteiger partial charge in [0.1, 0.15) is 16.9 Å². The number of carbonyl (C=O) groups is 3. The first kappa shape index (κ1) is 20.8. The summed E-state index contributed by atoms with van der Waals surface area (Å²) in [7, 11) is 0. The van der Waals surface area contributed by atoms with Crippen LogP contribution in [0.15, 0.2) is 30.3 Å². The van der Waals surface area contributed by atoms with Gasteiger partial charge in [-0.25, -0.2) is 0 Å². The zero-order valence-electron chi connectivity index (χ0n) is 15.1. The molecule has 1 aliphatic rings. The van der Waals surface area contributed by atoms with Gasteiger partial charge in [0.05, 0.1) is 12.4 Å². The lowest BCUT2D eigenvalue weighted by atomic mass is 9.97. The van der Waals surface area contributed by atoms with Crippen LogP contribution in [0.3, 0.4) is 0 Å². The molecule has 0 saturated carbocycles. The largest absolute Gasteiger partial charge is 0.383 e. The molecule has 1 aromatic rings. The third-order valence-electron chi connectivity index (χ3n) is 4.56. The van der Waals surface area contributed by atoms with Crippen LogP contribution in [-0.2, 0) is 20.8 Å². The lowest BCUT2D eigenvalue weighted by molar-refractivity contribution is -0.147. The fourth-order valence-electron chi connectivity index (χ4n) is 2.94. The molecule has 1 aromatic carbocycles. The third-order valence-corrected chi connectivity index (χ3v) is 5.99. The van der Waals surface area contributed by atoms with E-state index in [9.17, 15) is 19.5 Å². The van der Waals surface area contributed by atoms with E-state index in [2.05, 4.69) is 11.2 Å². The molecule has 4 N–H and O–H groups in total. The van der Waals surface area contributed by atoms with Crippen LogP contribution in [0.1, 0.15) is 18.9 Å². The van der Waals surface area contributed by atoms with Gasteiger partial charge in [-0.1, -0.05) is 36.3 Å². The summed E-state index contributed by atoms with van der Waals surface area (Å²) in [5.74, 6) is 0.474. The highest BCUT2D eigenvalue weighted by Gasteiger charge is 2.55. The molecule has 1 unspecified atom stereocenters. The molecule has 1 heterocycles. The average molecular weight is 389 g/mol. The van der Waals surface area contributed by atoms with Crippen molar-refractivity contribution in [2.24, 2.45) is 5.73 Å². The first-order valence-electron chi connectivity index (χ1n) is 8.48. The predicted octanol–water partition coefficient (Wildman–Crippen LogP) is -0.125. The summed E-state index contributed by atoms with van der Waals surface area (Å²) in [6.45, 7) is 1.48. The number of nitrogens with zero attached hydrogens (tertiary/aromatic N) is 1. The first-order valence-corrected chi connectivity index (χ1v) is 9.47. The van der Waals surface area contributed by atoms with Crippen LogP contribution in [0.25, 0.3) is 0 Å². The lowest BCUT2D eigenvalue weighted by Gasteiger charge is -2.31. The fourth-order valence-corrected chi connectivity index (χ4v) is 4.16. The van der Waals surface area contributed by atoms with Crippen LogP contribution < -0.4 is 11.1 Å². The van der Waals surface area contributed by atoms with Crippen LogP contribution in [0.2, 0.25) is 0 Å². The van der Waals surface area contributed by atoms with Gasteiger partial charge < -0.3 is 21.1 Å². The number of aliphatic hydroxyl groups is 1. The number of hydrogen-bond acceptors (Lipinski definition) is 5. The maximum Gasteiger partial charge on any atom is 0.252 e. The van der Waals surface area contributed by atoms with Gasteiger partial charge in [0.2, 0.25) is 11.8 Å². The second-order valence-corrected chi connectivity index (χ2v) is 7.81. The van der Waals surface area contributed by atoms with Crippen LogP contribution >= 0.6 is 11.8 Å². The molecule has 3 atom stereocenters. The molecule has 27 heavy (non-hydrogen) atoms. The van der Waals surface area contributed by atoms with Crippen molar-refractivity contribution in [3.05, 3.63) is 35.9 Å². The summed E-state index contributed by atoms with van der Waals surface area (Å²) in [5, 5.41) is 12.8. The normalized spacial score (nSPS) is 22.7. The third kappa shape index (κ3) is 4.62. The van der Waals surface area contributed by atoms with E-state index in [0.29, 0.717) is 6.42 Å². The highest BCUT2D eigenvalue weighted by atomic mass is 32.2. The molecular formula is C19H23N3O4S. The number of carbonyl (C=O) groups excluding carboxylic acids is 3. The second kappa shape index (κ2) is 8.93. The Balaban J connectivity index is 2.13. The van der Waals surface area contributed by atoms with Crippen LogP contribution in [0.4, 0.5) is 0 Å². The van der Waals surface area contributed by atoms with Gasteiger partial charge in [-0.3, -0.25) is 14.4 Å². The summed E-state index contributed by atoms with van der Waals surface area (Å²) in [6, 6.07) is 8.32. The fraction of sp³-hybridized carbons (Fsp3) is 0.421. The highest BCUT2D eigenvalue weighted by Crippen LogP contribution is 2.40. The van der Waals surface area contributed by atoms with Gasteiger partial charge in [0.15, 0.2) is 0 Å². The minimum Gasteiger partial charge on any atom is -0.383 e. The van der Waals surface area contributed by atoms with Gasteiger partial charge >= 0.3 is 0 Å². The summed E-state index contributed by atoms with van der Waals surface area (Å²) < 4.78 is -1.30. The quantitative estimate of drug-likeness (QED) is 0.563. The number of hydrogen-bond donors (Lipinski definition) is 3. The van der Waals surface area contributed by atoms with E-state index >= 15 is 0 Å². The number of nitrogens with two attached hydrogens (primary N) is 1. The van der Waals surface area contributed by atoms with Crippen molar-refractivity contribution in [3.8, 4) is 12.3 Å². The second-order valence-electron chi connectivity index (χ2n) is 6.42. The Labute approximate surface area is 162 Å². The smallest absolute Gasteiger partial charge is 0.252 e. The number of aryl methyl sites for hydroxylation is 1. The summed E-state index contributed by atoms with van der Waals surface area (Å²) in [5.41, 5.74) is 6.47. The Bertz CT molecular complexity index is 749. The van der Waals surface area contributed by atoms with Gasteiger partial charge in [-0.15, -0.1) is 18.2 Å².